The van der Waals surface area contributed by atoms with Gasteiger partial charge in [-0.05, 0) is 27.7 Å². The molecule has 2 amide bonds. The van der Waals surface area contributed by atoms with Gasteiger partial charge in [0.15, 0.2) is 0 Å². The van der Waals surface area contributed by atoms with Crippen molar-refractivity contribution < 1.29 is 29.3 Å². The highest BCUT2D eigenvalue weighted by atomic mass is 16.5. The molecule has 0 fully saturated rings. The Hall–Kier alpha value is -3.39. The number of amides is 2. The normalized spacial score (nSPS) is 14.6. The summed E-state index contributed by atoms with van der Waals surface area (Å²) in [4.78, 5) is 36.4. The maximum Gasteiger partial charge on any atom is 0.407 e. The van der Waals surface area contributed by atoms with Gasteiger partial charge in [-0.2, -0.15) is 0 Å². The Morgan fingerprint density at radius 2 is 1.50 bits per heavy atom. The van der Waals surface area contributed by atoms with E-state index in [1.807, 2.05) is 48.5 Å². The Kier molecular flexibility index (Phi) is 6.84. The van der Waals surface area contributed by atoms with E-state index in [4.69, 9.17) is 14.9 Å². The number of aliphatic carboxylic acids is 1. The Balaban J connectivity index is 1.70. The van der Waals surface area contributed by atoms with Crippen LogP contribution in [-0.4, -0.2) is 53.5 Å². The Bertz CT molecular complexity index is 968. The number of alkyl carbamates (subject to hydrolysis) is 1. The van der Waals surface area contributed by atoms with Crippen molar-refractivity contribution in [2.45, 2.75) is 38.8 Å². The second-order valence-corrected chi connectivity index (χ2v) is 8.85. The standard InChI is InChI=1S/C24H28N2O6/c1-24(2,3)20(21(28)25-19(12-27)22(29)30)26-23(31)32-13-18-16-10-6-4-8-14(16)15-9-5-7-11-17(15)18/h4-11,18-20,27H,12-13H2,1-3H3,(H,25,28)(H,26,31)(H,29,30)/t19-,20?/m1/s1. The molecule has 0 saturated heterocycles. The highest BCUT2D eigenvalue weighted by Gasteiger charge is 2.36. The third-order valence-electron chi connectivity index (χ3n) is 5.53. The van der Waals surface area contributed by atoms with E-state index in [0.29, 0.717) is 0 Å². The van der Waals surface area contributed by atoms with Crippen LogP contribution in [0.1, 0.15) is 37.8 Å². The first kappa shape index (κ1) is 23.3. The molecule has 2 aromatic carbocycles. The van der Waals surface area contributed by atoms with Crippen LogP contribution in [0.5, 0.6) is 0 Å². The molecule has 0 bridgehead atoms. The number of aliphatic hydroxyl groups is 1. The monoisotopic (exact) mass is 440 g/mol. The number of hydrogen-bond donors (Lipinski definition) is 4. The minimum absolute atomic E-state index is 0.0900. The number of ether oxygens (including phenoxy) is 1. The highest BCUT2D eigenvalue weighted by Crippen LogP contribution is 2.44. The lowest BCUT2D eigenvalue weighted by Crippen LogP contribution is -2.57. The molecule has 2 atom stereocenters. The highest BCUT2D eigenvalue weighted by molar-refractivity contribution is 5.90. The Labute approximate surface area is 186 Å². The maximum absolute atomic E-state index is 12.6. The number of aliphatic hydroxyl groups excluding tert-OH is 1. The number of rotatable bonds is 7. The molecule has 2 aromatic rings. The van der Waals surface area contributed by atoms with Gasteiger partial charge in [0.1, 0.15) is 18.7 Å². The molecule has 1 aliphatic rings. The van der Waals surface area contributed by atoms with Crippen LogP contribution < -0.4 is 10.6 Å². The first-order valence-corrected chi connectivity index (χ1v) is 10.4. The second kappa shape index (κ2) is 9.40. The largest absolute Gasteiger partial charge is 0.480 e. The molecule has 0 saturated carbocycles. The van der Waals surface area contributed by atoms with Crippen molar-refractivity contribution in [2.24, 2.45) is 5.41 Å². The lowest BCUT2D eigenvalue weighted by molar-refractivity contribution is -0.143. The van der Waals surface area contributed by atoms with Crippen molar-refractivity contribution in [1.82, 2.24) is 10.6 Å². The zero-order valence-electron chi connectivity index (χ0n) is 18.3. The van der Waals surface area contributed by atoms with Gasteiger partial charge in [-0.15, -0.1) is 0 Å². The van der Waals surface area contributed by atoms with Crippen LogP contribution in [0.15, 0.2) is 48.5 Å². The predicted molar refractivity (Wildman–Crippen MR) is 118 cm³/mol. The van der Waals surface area contributed by atoms with E-state index in [1.165, 1.54) is 0 Å². The Morgan fingerprint density at radius 3 is 1.97 bits per heavy atom. The quantitative estimate of drug-likeness (QED) is 0.524. The van der Waals surface area contributed by atoms with Gasteiger partial charge < -0.3 is 25.6 Å². The van der Waals surface area contributed by atoms with Gasteiger partial charge in [-0.3, -0.25) is 4.79 Å². The molecule has 1 unspecified atom stereocenters. The van der Waals surface area contributed by atoms with Crippen LogP contribution in [-0.2, 0) is 14.3 Å². The van der Waals surface area contributed by atoms with Gasteiger partial charge in [0.25, 0.3) is 0 Å². The summed E-state index contributed by atoms with van der Waals surface area (Å²) in [5.41, 5.74) is 3.62. The van der Waals surface area contributed by atoms with Crippen molar-refractivity contribution in [3.63, 3.8) is 0 Å². The third kappa shape index (κ3) is 4.91. The second-order valence-electron chi connectivity index (χ2n) is 8.85. The van der Waals surface area contributed by atoms with E-state index in [2.05, 4.69) is 10.6 Å². The van der Waals surface area contributed by atoms with Crippen LogP contribution in [0.3, 0.4) is 0 Å². The number of fused-ring (bicyclic) bond motifs is 3. The summed E-state index contributed by atoms with van der Waals surface area (Å²) in [6, 6.07) is 13.4. The summed E-state index contributed by atoms with van der Waals surface area (Å²) >= 11 is 0. The SMILES string of the molecule is CC(C)(C)C(NC(=O)OCC1c2ccccc2-c2ccccc21)C(=O)N[C@H](CO)C(=O)O. The van der Waals surface area contributed by atoms with Crippen molar-refractivity contribution in [2.75, 3.05) is 13.2 Å². The van der Waals surface area contributed by atoms with E-state index in [9.17, 15) is 14.4 Å². The molecular weight excluding hydrogens is 412 g/mol. The summed E-state index contributed by atoms with van der Waals surface area (Å²) in [5, 5.41) is 23.0. The topological polar surface area (TPSA) is 125 Å². The first-order chi connectivity index (χ1) is 15.1. The molecule has 0 radical (unpaired) electrons. The lowest BCUT2D eigenvalue weighted by Gasteiger charge is -2.31. The number of carboxylic acid groups (broad SMARTS) is 1. The third-order valence-corrected chi connectivity index (χ3v) is 5.53. The molecule has 4 N–H and O–H groups in total. The lowest BCUT2D eigenvalue weighted by atomic mass is 9.86. The summed E-state index contributed by atoms with van der Waals surface area (Å²) in [6.45, 7) is 4.52. The number of carboxylic acids is 1. The fourth-order valence-electron chi connectivity index (χ4n) is 3.87. The molecule has 1 aliphatic carbocycles. The van der Waals surface area contributed by atoms with Gasteiger partial charge in [0, 0.05) is 5.92 Å². The number of benzene rings is 2. The van der Waals surface area contributed by atoms with Crippen molar-refractivity contribution >= 4 is 18.0 Å². The summed E-state index contributed by atoms with van der Waals surface area (Å²) in [6.07, 6.45) is -0.780. The first-order valence-electron chi connectivity index (χ1n) is 10.4. The van der Waals surface area contributed by atoms with Crippen molar-refractivity contribution in [1.29, 1.82) is 0 Å². The Morgan fingerprint density at radius 1 is 0.969 bits per heavy atom. The number of carbonyl (C=O) groups excluding carboxylic acids is 2. The van der Waals surface area contributed by atoms with Crippen LogP contribution in [0.2, 0.25) is 0 Å². The van der Waals surface area contributed by atoms with Crippen LogP contribution in [0.4, 0.5) is 4.79 Å². The van der Waals surface area contributed by atoms with E-state index in [1.54, 1.807) is 20.8 Å². The minimum atomic E-state index is -1.46. The van der Waals surface area contributed by atoms with E-state index < -0.39 is 42.1 Å². The molecule has 0 aromatic heterocycles. The van der Waals surface area contributed by atoms with Gasteiger partial charge in [0.05, 0.1) is 6.61 Å². The van der Waals surface area contributed by atoms with Crippen LogP contribution >= 0.6 is 0 Å². The number of carbonyl (C=O) groups is 3. The van der Waals surface area contributed by atoms with Gasteiger partial charge in [-0.25, -0.2) is 9.59 Å². The van der Waals surface area contributed by atoms with Gasteiger partial charge in [-0.1, -0.05) is 69.3 Å². The van der Waals surface area contributed by atoms with Crippen LogP contribution in [0.25, 0.3) is 11.1 Å². The summed E-state index contributed by atoms with van der Waals surface area (Å²) in [5.74, 6) is -2.21. The van der Waals surface area contributed by atoms with Gasteiger partial charge >= 0.3 is 12.1 Å². The van der Waals surface area contributed by atoms with Crippen molar-refractivity contribution in [3.8, 4) is 11.1 Å². The molecule has 3 rings (SSSR count). The van der Waals surface area contributed by atoms with Gasteiger partial charge in [0.2, 0.25) is 5.91 Å². The van der Waals surface area contributed by atoms with Crippen molar-refractivity contribution in [3.05, 3.63) is 59.7 Å². The summed E-state index contributed by atoms with van der Waals surface area (Å²) in [7, 11) is 0. The fourth-order valence-corrected chi connectivity index (χ4v) is 3.87. The molecule has 170 valence electrons. The predicted octanol–water partition coefficient (Wildman–Crippen LogP) is 2.50. The maximum atomic E-state index is 12.6. The number of hydrogen-bond acceptors (Lipinski definition) is 5. The molecular formula is C24H28N2O6. The van der Waals surface area contributed by atoms with E-state index >= 15 is 0 Å². The number of nitrogens with one attached hydrogen (secondary N) is 2. The van der Waals surface area contributed by atoms with E-state index in [0.717, 1.165) is 22.3 Å². The molecule has 8 heteroatoms. The zero-order chi connectivity index (χ0) is 23.5. The molecule has 32 heavy (non-hydrogen) atoms. The fraction of sp³-hybridized carbons (Fsp3) is 0.375. The molecule has 0 aliphatic heterocycles. The van der Waals surface area contributed by atoms with E-state index in [-0.39, 0.29) is 12.5 Å². The average molecular weight is 440 g/mol. The summed E-state index contributed by atoms with van der Waals surface area (Å²) < 4.78 is 5.50. The smallest absolute Gasteiger partial charge is 0.407 e. The minimum Gasteiger partial charge on any atom is -0.480 e. The molecule has 8 nitrogen and oxygen atoms in total. The molecule has 0 spiro atoms. The average Bonchev–Trinajstić information content (AvgIpc) is 3.07. The van der Waals surface area contributed by atoms with Crippen LogP contribution in [0, 0.1) is 5.41 Å². The molecule has 0 heterocycles. The zero-order valence-corrected chi connectivity index (χ0v) is 18.3.